The number of ether oxygens (including phenoxy) is 1. The van der Waals surface area contributed by atoms with Gasteiger partial charge in [0.1, 0.15) is 0 Å². The van der Waals surface area contributed by atoms with Crippen LogP contribution in [0.25, 0.3) is 0 Å². The van der Waals surface area contributed by atoms with Crippen molar-refractivity contribution in [2.45, 2.75) is 19.4 Å². The highest BCUT2D eigenvalue weighted by Crippen LogP contribution is 2.25. The van der Waals surface area contributed by atoms with Crippen LogP contribution in [0.15, 0.2) is 42.6 Å². The maximum Gasteiger partial charge on any atom is 0.217 e. The highest BCUT2D eigenvalue weighted by Gasteiger charge is 2.15. The van der Waals surface area contributed by atoms with Gasteiger partial charge in [-0.15, -0.1) is 0 Å². The minimum absolute atomic E-state index is 0.199. The van der Waals surface area contributed by atoms with Gasteiger partial charge in [0.15, 0.2) is 0 Å². The molecule has 1 aromatic carbocycles. The van der Waals surface area contributed by atoms with Crippen molar-refractivity contribution in [2.75, 3.05) is 14.2 Å². The number of nitrogens with one attached hydrogen (secondary N) is 1. The summed E-state index contributed by atoms with van der Waals surface area (Å²) in [6.07, 6.45) is 2.67. The van der Waals surface area contributed by atoms with E-state index in [4.69, 9.17) is 4.74 Å². The lowest BCUT2D eigenvalue weighted by atomic mass is 9.99. The molecular formula is C16H20N2O. The summed E-state index contributed by atoms with van der Waals surface area (Å²) >= 11 is 0. The van der Waals surface area contributed by atoms with Crippen LogP contribution in [0.5, 0.6) is 5.88 Å². The third-order valence-corrected chi connectivity index (χ3v) is 3.24. The number of hydrogen-bond acceptors (Lipinski definition) is 3. The lowest BCUT2D eigenvalue weighted by Gasteiger charge is -2.18. The summed E-state index contributed by atoms with van der Waals surface area (Å²) in [5, 5.41) is 3.34. The van der Waals surface area contributed by atoms with Crippen LogP contribution in [0.3, 0.4) is 0 Å². The molecule has 1 unspecified atom stereocenters. The summed E-state index contributed by atoms with van der Waals surface area (Å²) in [5.41, 5.74) is 3.68. The molecule has 0 saturated carbocycles. The van der Waals surface area contributed by atoms with E-state index in [0.29, 0.717) is 5.88 Å². The van der Waals surface area contributed by atoms with Crippen molar-refractivity contribution in [3.05, 3.63) is 59.3 Å². The summed E-state index contributed by atoms with van der Waals surface area (Å²) in [6.45, 7) is 2.11. The van der Waals surface area contributed by atoms with Gasteiger partial charge in [-0.05, 0) is 32.0 Å². The van der Waals surface area contributed by atoms with Gasteiger partial charge in [-0.3, -0.25) is 0 Å². The normalized spacial score (nSPS) is 12.2. The zero-order valence-electron chi connectivity index (χ0n) is 11.7. The highest BCUT2D eigenvalue weighted by atomic mass is 16.5. The molecule has 0 radical (unpaired) electrons. The predicted molar refractivity (Wildman–Crippen MR) is 77.5 cm³/mol. The summed E-state index contributed by atoms with van der Waals surface area (Å²) in [4.78, 5) is 4.26. The van der Waals surface area contributed by atoms with Crippen molar-refractivity contribution in [2.24, 2.45) is 0 Å². The Morgan fingerprint density at radius 3 is 2.79 bits per heavy atom. The third-order valence-electron chi connectivity index (χ3n) is 3.24. The number of benzene rings is 1. The summed E-state index contributed by atoms with van der Waals surface area (Å²) in [7, 11) is 3.62. The Hall–Kier alpha value is -1.87. The number of aryl methyl sites for hydroxylation is 1. The highest BCUT2D eigenvalue weighted by molar-refractivity contribution is 5.32. The molecule has 3 heteroatoms. The molecule has 0 saturated heterocycles. The van der Waals surface area contributed by atoms with Gasteiger partial charge >= 0.3 is 0 Å². The number of methoxy groups -OCH3 is 1. The average Bonchev–Trinajstić information content (AvgIpc) is 2.45. The first-order valence-electron chi connectivity index (χ1n) is 6.46. The molecular weight excluding hydrogens is 236 g/mol. The smallest absolute Gasteiger partial charge is 0.217 e. The van der Waals surface area contributed by atoms with Gasteiger partial charge in [0.25, 0.3) is 0 Å². The van der Waals surface area contributed by atoms with Gasteiger partial charge in [-0.1, -0.05) is 35.9 Å². The van der Waals surface area contributed by atoms with E-state index in [1.807, 2.05) is 13.1 Å². The monoisotopic (exact) mass is 256 g/mol. The van der Waals surface area contributed by atoms with Crippen molar-refractivity contribution >= 4 is 0 Å². The molecule has 1 heterocycles. The van der Waals surface area contributed by atoms with Gasteiger partial charge in [-0.25, -0.2) is 4.98 Å². The van der Waals surface area contributed by atoms with Gasteiger partial charge in [0, 0.05) is 17.8 Å². The average molecular weight is 256 g/mol. The van der Waals surface area contributed by atoms with Crippen LogP contribution in [-0.4, -0.2) is 19.1 Å². The van der Waals surface area contributed by atoms with Crippen molar-refractivity contribution < 1.29 is 4.74 Å². The van der Waals surface area contributed by atoms with Crippen molar-refractivity contribution in [1.29, 1.82) is 0 Å². The van der Waals surface area contributed by atoms with Crippen LogP contribution in [-0.2, 0) is 6.42 Å². The van der Waals surface area contributed by atoms with Crippen LogP contribution in [0, 0.1) is 6.92 Å². The standard InChI is InChI=1S/C16H20N2O/c1-12-6-4-7-13(10-12)11-15(17-2)14-8-5-9-18-16(14)19-3/h4-10,15,17H,11H2,1-3H3. The van der Waals surface area contributed by atoms with Crippen LogP contribution < -0.4 is 10.1 Å². The van der Waals surface area contributed by atoms with E-state index in [0.717, 1.165) is 12.0 Å². The summed E-state index contributed by atoms with van der Waals surface area (Å²) in [5.74, 6) is 0.689. The Morgan fingerprint density at radius 2 is 2.11 bits per heavy atom. The van der Waals surface area contributed by atoms with Crippen LogP contribution in [0.4, 0.5) is 0 Å². The summed E-state index contributed by atoms with van der Waals surface area (Å²) in [6, 6.07) is 12.8. The van der Waals surface area contributed by atoms with E-state index in [1.54, 1.807) is 13.3 Å². The minimum Gasteiger partial charge on any atom is -0.481 e. The SMILES string of the molecule is CNC(Cc1cccc(C)c1)c1cccnc1OC. The fraction of sp³-hybridized carbons (Fsp3) is 0.312. The van der Waals surface area contributed by atoms with Crippen LogP contribution >= 0.6 is 0 Å². The molecule has 0 aliphatic heterocycles. The zero-order chi connectivity index (χ0) is 13.7. The van der Waals surface area contributed by atoms with Gasteiger partial charge in [0.05, 0.1) is 7.11 Å². The Labute approximate surface area is 114 Å². The lowest BCUT2D eigenvalue weighted by molar-refractivity contribution is 0.384. The molecule has 19 heavy (non-hydrogen) atoms. The first kappa shape index (κ1) is 13.6. The molecule has 1 atom stereocenters. The first-order valence-corrected chi connectivity index (χ1v) is 6.46. The maximum absolute atomic E-state index is 5.34. The van der Waals surface area contributed by atoms with E-state index >= 15 is 0 Å². The Kier molecular flexibility index (Phi) is 4.53. The Balaban J connectivity index is 2.25. The number of nitrogens with zero attached hydrogens (tertiary/aromatic N) is 1. The number of rotatable bonds is 5. The molecule has 2 rings (SSSR count). The van der Waals surface area contributed by atoms with Crippen molar-refractivity contribution in [3.8, 4) is 5.88 Å². The summed E-state index contributed by atoms with van der Waals surface area (Å²) < 4.78 is 5.34. The fourth-order valence-corrected chi connectivity index (χ4v) is 2.28. The molecule has 2 aromatic rings. The fourth-order valence-electron chi connectivity index (χ4n) is 2.28. The molecule has 0 spiro atoms. The zero-order valence-corrected chi connectivity index (χ0v) is 11.7. The van der Waals surface area contributed by atoms with Gasteiger partial charge in [0.2, 0.25) is 5.88 Å². The van der Waals surface area contributed by atoms with E-state index in [-0.39, 0.29) is 6.04 Å². The predicted octanol–water partition coefficient (Wildman–Crippen LogP) is 2.90. The molecule has 0 amide bonds. The van der Waals surface area contributed by atoms with E-state index in [2.05, 4.69) is 47.6 Å². The molecule has 0 bridgehead atoms. The van der Waals surface area contributed by atoms with Gasteiger partial charge in [-0.2, -0.15) is 0 Å². The second-order valence-corrected chi connectivity index (χ2v) is 4.64. The second kappa shape index (κ2) is 6.34. The topological polar surface area (TPSA) is 34.2 Å². The third kappa shape index (κ3) is 3.32. The molecule has 0 fully saturated rings. The minimum atomic E-state index is 0.199. The van der Waals surface area contributed by atoms with E-state index in [1.165, 1.54) is 11.1 Å². The quantitative estimate of drug-likeness (QED) is 0.893. The molecule has 3 nitrogen and oxygen atoms in total. The molecule has 1 N–H and O–H groups in total. The van der Waals surface area contributed by atoms with Crippen LogP contribution in [0.2, 0.25) is 0 Å². The number of likely N-dealkylation sites (N-methyl/N-ethyl adjacent to an activating group) is 1. The molecule has 0 aliphatic rings. The van der Waals surface area contributed by atoms with E-state index in [9.17, 15) is 0 Å². The molecule has 100 valence electrons. The lowest BCUT2D eigenvalue weighted by Crippen LogP contribution is -2.20. The Bertz CT molecular complexity index is 540. The number of hydrogen-bond donors (Lipinski definition) is 1. The molecule has 0 aliphatic carbocycles. The molecule has 1 aromatic heterocycles. The maximum atomic E-state index is 5.34. The second-order valence-electron chi connectivity index (χ2n) is 4.64. The van der Waals surface area contributed by atoms with Crippen molar-refractivity contribution in [1.82, 2.24) is 10.3 Å². The van der Waals surface area contributed by atoms with Gasteiger partial charge < -0.3 is 10.1 Å². The Morgan fingerprint density at radius 1 is 1.26 bits per heavy atom. The number of aromatic nitrogens is 1. The van der Waals surface area contributed by atoms with E-state index < -0.39 is 0 Å². The number of pyridine rings is 1. The largest absolute Gasteiger partial charge is 0.481 e. The van der Waals surface area contributed by atoms with Crippen LogP contribution in [0.1, 0.15) is 22.7 Å². The first-order chi connectivity index (χ1) is 9.24. The van der Waals surface area contributed by atoms with Crippen molar-refractivity contribution in [3.63, 3.8) is 0 Å².